The number of hydrogen-bond acceptors (Lipinski definition) is 4. The van der Waals surface area contributed by atoms with Crippen molar-refractivity contribution in [1.82, 2.24) is 0 Å². The van der Waals surface area contributed by atoms with Gasteiger partial charge in [-0.15, -0.1) is 0 Å². The molecule has 0 saturated carbocycles. The standard InChI is InChI=1S/C16H18O3S2/c1-13-7-9-15(10-8-13)21(17,18)20-12-11-14-5-3-4-6-16(14)19-2/h3-10H,11-12H2,1-2H3. The van der Waals surface area contributed by atoms with Crippen LogP contribution in [0, 0.1) is 6.92 Å². The number of rotatable bonds is 6. The lowest BCUT2D eigenvalue weighted by atomic mass is 10.1. The van der Waals surface area contributed by atoms with Gasteiger partial charge in [-0.05, 0) is 47.9 Å². The second-order valence-electron chi connectivity index (χ2n) is 4.65. The van der Waals surface area contributed by atoms with Gasteiger partial charge in [0.2, 0.25) is 8.87 Å². The van der Waals surface area contributed by atoms with Gasteiger partial charge in [-0.3, -0.25) is 0 Å². The molecule has 0 heterocycles. The van der Waals surface area contributed by atoms with Crippen LogP contribution in [0.3, 0.4) is 0 Å². The van der Waals surface area contributed by atoms with Crippen LogP contribution >= 0.6 is 10.8 Å². The largest absolute Gasteiger partial charge is 0.496 e. The molecule has 0 bridgehead atoms. The molecule has 2 aromatic rings. The third kappa shape index (κ3) is 4.25. The van der Waals surface area contributed by atoms with Crippen molar-refractivity contribution in [2.24, 2.45) is 0 Å². The fraction of sp³-hybridized carbons (Fsp3) is 0.250. The first-order valence-electron chi connectivity index (χ1n) is 6.61. The first-order valence-corrected chi connectivity index (χ1v) is 9.59. The minimum Gasteiger partial charge on any atom is -0.496 e. The van der Waals surface area contributed by atoms with Gasteiger partial charge < -0.3 is 4.74 Å². The molecule has 0 N–H and O–H groups in total. The molecular formula is C16H18O3S2. The Bertz CT molecular complexity index is 692. The first kappa shape index (κ1) is 15.9. The molecule has 0 amide bonds. The van der Waals surface area contributed by atoms with E-state index in [2.05, 4.69) is 0 Å². The Kier molecular flexibility index (Phi) is 5.31. The molecule has 0 fully saturated rings. The van der Waals surface area contributed by atoms with Crippen LogP contribution in [-0.2, 0) is 15.3 Å². The highest BCUT2D eigenvalue weighted by Crippen LogP contribution is 2.26. The molecule has 0 spiro atoms. The van der Waals surface area contributed by atoms with E-state index in [1.54, 1.807) is 19.2 Å². The summed E-state index contributed by atoms with van der Waals surface area (Å²) < 4.78 is 29.7. The van der Waals surface area contributed by atoms with Crippen molar-refractivity contribution in [2.75, 3.05) is 12.9 Å². The Morgan fingerprint density at radius 3 is 2.38 bits per heavy atom. The van der Waals surface area contributed by atoms with Crippen LogP contribution in [-0.4, -0.2) is 21.3 Å². The minimum absolute atomic E-state index is 0.359. The van der Waals surface area contributed by atoms with E-state index in [-0.39, 0.29) is 0 Å². The zero-order valence-electron chi connectivity index (χ0n) is 12.1. The van der Waals surface area contributed by atoms with E-state index in [9.17, 15) is 8.42 Å². The van der Waals surface area contributed by atoms with Gasteiger partial charge in [-0.25, -0.2) is 8.42 Å². The molecular weight excluding hydrogens is 304 g/mol. The molecule has 0 radical (unpaired) electrons. The summed E-state index contributed by atoms with van der Waals surface area (Å²) in [4.78, 5) is 0.359. The number of para-hydroxylation sites is 1. The van der Waals surface area contributed by atoms with Crippen LogP contribution in [0.1, 0.15) is 11.1 Å². The summed E-state index contributed by atoms with van der Waals surface area (Å²) in [6.45, 7) is 1.94. The topological polar surface area (TPSA) is 43.4 Å². The highest BCUT2D eigenvalue weighted by atomic mass is 33.1. The maximum absolute atomic E-state index is 12.2. The van der Waals surface area contributed by atoms with Crippen molar-refractivity contribution >= 4 is 19.7 Å². The maximum atomic E-state index is 12.2. The molecule has 5 heteroatoms. The summed E-state index contributed by atoms with van der Waals surface area (Å²) in [5.74, 6) is 1.29. The van der Waals surface area contributed by atoms with Crippen LogP contribution in [0.5, 0.6) is 5.75 Å². The van der Waals surface area contributed by atoms with E-state index < -0.39 is 8.87 Å². The fourth-order valence-corrected chi connectivity index (χ4v) is 4.72. The second-order valence-corrected chi connectivity index (χ2v) is 8.70. The highest BCUT2D eigenvalue weighted by molar-refractivity contribution is 8.72. The fourth-order valence-electron chi connectivity index (χ4n) is 1.94. The van der Waals surface area contributed by atoms with Crippen LogP contribution in [0.4, 0.5) is 0 Å². The van der Waals surface area contributed by atoms with Gasteiger partial charge in [0.15, 0.2) is 0 Å². The predicted molar refractivity (Wildman–Crippen MR) is 87.5 cm³/mol. The molecule has 3 nitrogen and oxygen atoms in total. The zero-order valence-corrected chi connectivity index (χ0v) is 13.7. The number of hydrogen-bond donors (Lipinski definition) is 0. The van der Waals surface area contributed by atoms with Gasteiger partial charge in [0.05, 0.1) is 12.0 Å². The van der Waals surface area contributed by atoms with Crippen molar-refractivity contribution < 1.29 is 13.2 Å². The van der Waals surface area contributed by atoms with Crippen LogP contribution < -0.4 is 4.74 Å². The molecule has 0 aromatic heterocycles. The predicted octanol–water partition coefficient (Wildman–Crippen LogP) is 3.67. The van der Waals surface area contributed by atoms with E-state index in [1.165, 1.54) is 0 Å². The smallest absolute Gasteiger partial charge is 0.230 e. The summed E-state index contributed by atoms with van der Waals surface area (Å²) in [7, 11) is -0.702. The lowest BCUT2D eigenvalue weighted by Gasteiger charge is -2.08. The van der Waals surface area contributed by atoms with Crippen molar-refractivity contribution in [1.29, 1.82) is 0 Å². The molecule has 0 aliphatic carbocycles. The molecule has 2 rings (SSSR count). The van der Waals surface area contributed by atoms with Crippen LogP contribution in [0.25, 0.3) is 0 Å². The summed E-state index contributed by atoms with van der Waals surface area (Å²) in [5, 5.41) is 0. The minimum atomic E-state index is -3.29. The van der Waals surface area contributed by atoms with Crippen molar-refractivity contribution in [3.05, 3.63) is 59.7 Å². The number of methoxy groups -OCH3 is 1. The molecule has 0 saturated heterocycles. The Hall–Kier alpha value is -1.46. The maximum Gasteiger partial charge on any atom is 0.230 e. The third-order valence-electron chi connectivity index (χ3n) is 3.11. The van der Waals surface area contributed by atoms with E-state index in [1.807, 2.05) is 43.3 Å². The van der Waals surface area contributed by atoms with Crippen molar-refractivity contribution in [3.63, 3.8) is 0 Å². The molecule has 0 aliphatic heterocycles. The zero-order chi connectivity index (χ0) is 15.3. The number of aryl methyl sites for hydroxylation is 2. The van der Waals surface area contributed by atoms with Gasteiger partial charge in [-0.2, -0.15) is 0 Å². The molecule has 2 aromatic carbocycles. The van der Waals surface area contributed by atoms with Gasteiger partial charge >= 0.3 is 0 Å². The molecule has 112 valence electrons. The van der Waals surface area contributed by atoms with E-state index in [0.717, 1.165) is 27.7 Å². The Balaban J connectivity index is 2.01. The van der Waals surface area contributed by atoms with Crippen LogP contribution in [0.2, 0.25) is 0 Å². The average molecular weight is 322 g/mol. The summed E-state index contributed by atoms with van der Waals surface area (Å²) in [6.07, 6.45) is 0.653. The quantitative estimate of drug-likeness (QED) is 0.761. The van der Waals surface area contributed by atoms with Gasteiger partial charge in [-0.1, -0.05) is 35.9 Å². The summed E-state index contributed by atoms with van der Waals surface area (Å²) >= 11 is 0. The molecule has 0 atom stereocenters. The molecule has 0 unspecified atom stereocenters. The summed E-state index contributed by atoms with van der Waals surface area (Å²) in [6, 6.07) is 14.6. The molecule has 0 aliphatic rings. The van der Waals surface area contributed by atoms with E-state index in [0.29, 0.717) is 17.1 Å². The highest BCUT2D eigenvalue weighted by Gasteiger charge is 2.15. The van der Waals surface area contributed by atoms with Gasteiger partial charge in [0.1, 0.15) is 5.75 Å². The van der Waals surface area contributed by atoms with E-state index in [4.69, 9.17) is 4.74 Å². The first-order chi connectivity index (χ1) is 10.0. The van der Waals surface area contributed by atoms with Gasteiger partial charge in [0, 0.05) is 5.75 Å². The van der Waals surface area contributed by atoms with Crippen LogP contribution in [0.15, 0.2) is 53.4 Å². The Morgan fingerprint density at radius 1 is 1.05 bits per heavy atom. The summed E-state index contributed by atoms with van der Waals surface area (Å²) in [5.41, 5.74) is 2.07. The average Bonchev–Trinajstić information content (AvgIpc) is 2.48. The second kappa shape index (κ2) is 7.00. The number of ether oxygens (including phenoxy) is 1. The monoisotopic (exact) mass is 322 g/mol. The Morgan fingerprint density at radius 2 is 1.71 bits per heavy atom. The van der Waals surface area contributed by atoms with Crippen molar-refractivity contribution in [2.45, 2.75) is 18.2 Å². The normalized spacial score (nSPS) is 11.3. The third-order valence-corrected chi connectivity index (χ3v) is 6.65. The van der Waals surface area contributed by atoms with E-state index >= 15 is 0 Å². The Labute approximate surface area is 129 Å². The van der Waals surface area contributed by atoms with Gasteiger partial charge in [0.25, 0.3) is 0 Å². The lowest BCUT2D eigenvalue weighted by molar-refractivity contribution is 0.410. The van der Waals surface area contributed by atoms with Crippen molar-refractivity contribution in [3.8, 4) is 5.75 Å². The lowest BCUT2D eigenvalue weighted by Crippen LogP contribution is -2.00. The number of benzene rings is 2. The molecule has 21 heavy (non-hydrogen) atoms. The SMILES string of the molecule is COc1ccccc1CCSS(=O)(=O)c1ccc(C)cc1.